The van der Waals surface area contributed by atoms with Crippen LogP contribution in [-0.4, -0.2) is 35.0 Å². The maximum atomic E-state index is 12.1. The second kappa shape index (κ2) is 9.02. The van der Waals surface area contributed by atoms with Crippen molar-refractivity contribution >= 4 is 28.4 Å². The Kier molecular flexibility index (Phi) is 6.22. The van der Waals surface area contributed by atoms with Crippen molar-refractivity contribution in [3.63, 3.8) is 0 Å². The van der Waals surface area contributed by atoms with E-state index in [1.165, 1.54) is 22.2 Å². The van der Waals surface area contributed by atoms with Crippen LogP contribution in [-0.2, 0) is 17.9 Å². The van der Waals surface area contributed by atoms with Crippen LogP contribution in [0.1, 0.15) is 31.0 Å². The number of halogens is 1. The maximum Gasteiger partial charge on any atom is 0.223 e. The van der Waals surface area contributed by atoms with Gasteiger partial charge in [-0.05, 0) is 68.1 Å². The number of piperidine rings is 1. The van der Waals surface area contributed by atoms with Crippen LogP contribution in [0.4, 0.5) is 0 Å². The summed E-state index contributed by atoms with van der Waals surface area (Å²) in [4.78, 5) is 14.6. The zero-order chi connectivity index (χ0) is 20.2. The van der Waals surface area contributed by atoms with Crippen molar-refractivity contribution in [1.29, 1.82) is 0 Å². The molecule has 1 aliphatic rings. The molecule has 0 unspecified atom stereocenters. The minimum Gasteiger partial charge on any atom is -0.356 e. The third-order valence-corrected chi connectivity index (χ3v) is 6.06. The molecule has 4 rings (SSSR count). The van der Waals surface area contributed by atoms with Gasteiger partial charge in [-0.2, -0.15) is 0 Å². The Morgan fingerprint density at radius 2 is 1.86 bits per heavy atom. The summed E-state index contributed by atoms with van der Waals surface area (Å²) in [5, 5.41) is 5.00. The maximum absolute atomic E-state index is 12.1. The molecule has 1 amide bonds. The third-order valence-electron chi connectivity index (χ3n) is 5.82. The monoisotopic (exact) mass is 409 g/mol. The Morgan fingerprint density at radius 3 is 2.62 bits per heavy atom. The second-order valence-corrected chi connectivity index (χ2v) is 8.29. The lowest BCUT2D eigenvalue weighted by atomic mass is 9.96. The van der Waals surface area contributed by atoms with E-state index in [-0.39, 0.29) is 11.8 Å². The smallest absolute Gasteiger partial charge is 0.223 e. The largest absolute Gasteiger partial charge is 0.356 e. The highest BCUT2D eigenvalue weighted by molar-refractivity contribution is 6.30. The minimum atomic E-state index is 0.156. The molecule has 0 saturated carbocycles. The topological polar surface area (TPSA) is 37.3 Å². The summed E-state index contributed by atoms with van der Waals surface area (Å²) in [6.45, 7) is 6.31. The van der Waals surface area contributed by atoms with Crippen LogP contribution in [0.5, 0.6) is 0 Å². The van der Waals surface area contributed by atoms with Crippen molar-refractivity contribution in [2.24, 2.45) is 5.92 Å². The number of nitrogens with zero attached hydrogens (tertiary/aromatic N) is 2. The van der Waals surface area contributed by atoms with Crippen LogP contribution in [0, 0.1) is 5.92 Å². The zero-order valence-corrected chi connectivity index (χ0v) is 17.7. The molecule has 0 atom stereocenters. The first kappa shape index (κ1) is 20.0. The second-order valence-electron chi connectivity index (χ2n) is 7.86. The summed E-state index contributed by atoms with van der Waals surface area (Å²) in [7, 11) is 0. The van der Waals surface area contributed by atoms with Crippen LogP contribution >= 0.6 is 11.6 Å². The van der Waals surface area contributed by atoms with Crippen molar-refractivity contribution in [3.8, 4) is 0 Å². The number of fused-ring (bicyclic) bond motifs is 1. The van der Waals surface area contributed by atoms with E-state index in [4.69, 9.17) is 11.6 Å². The highest BCUT2D eigenvalue weighted by atomic mass is 35.5. The number of carbonyl (C=O) groups excluding carboxylic acids is 1. The molecule has 0 spiro atoms. The highest BCUT2D eigenvalue weighted by Gasteiger charge is 2.25. The fourth-order valence-corrected chi connectivity index (χ4v) is 4.52. The Labute approximate surface area is 177 Å². The van der Waals surface area contributed by atoms with E-state index in [0.717, 1.165) is 44.0 Å². The molecule has 29 heavy (non-hydrogen) atoms. The number of rotatable bonds is 6. The van der Waals surface area contributed by atoms with E-state index in [0.29, 0.717) is 6.54 Å². The van der Waals surface area contributed by atoms with E-state index >= 15 is 0 Å². The molecule has 2 heterocycles. The lowest BCUT2D eigenvalue weighted by Crippen LogP contribution is -2.40. The van der Waals surface area contributed by atoms with Crippen molar-refractivity contribution in [3.05, 3.63) is 70.9 Å². The molecular formula is C24H28ClN3O. The van der Waals surface area contributed by atoms with Crippen molar-refractivity contribution in [2.45, 2.75) is 32.9 Å². The van der Waals surface area contributed by atoms with Crippen LogP contribution in [0.3, 0.4) is 0 Å². The van der Waals surface area contributed by atoms with Gasteiger partial charge in [0.2, 0.25) is 5.91 Å². The minimum absolute atomic E-state index is 0.156. The fourth-order valence-electron chi connectivity index (χ4n) is 4.30. The van der Waals surface area contributed by atoms with Gasteiger partial charge < -0.3 is 9.88 Å². The average Bonchev–Trinajstić information content (AvgIpc) is 3.06. The van der Waals surface area contributed by atoms with Crippen LogP contribution in [0.2, 0.25) is 5.02 Å². The summed E-state index contributed by atoms with van der Waals surface area (Å²) < 4.78 is 2.40. The molecule has 1 N–H and O–H groups in total. The Balaban J connectivity index is 1.52. The van der Waals surface area contributed by atoms with Crippen LogP contribution in [0.25, 0.3) is 10.9 Å². The summed E-state index contributed by atoms with van der Waals surface area (Å²) >= 11 is 6.21. The van der Waals surface area contributed by atoms with Gasteiger partial charge in [0.15, 0.2) is 0 Å². The first-order valence-electron chi connectivity index (χ1n) is 10.5. The summed E-state index contributed by atoms with van der Waals surface area (Å²) in [6.07, 6.45) is 1.86. The molecule has 0 bridgehead atoms. The van der Waals surface area contributed by atoms with Crippen molar-refractivity contribution in [1.82, 2.24) is 14.8 Å². The first-order chi connectivity index (χ1) is 14.1. The Morgan fingerprint density at radius 1 is 1.07 bits per heavy atom. The molecule has 152 valence electrons. The normalized spacial score (nSPS) is 15.7. The third kappa shape index (κ3) is 4.65. The predicted molar refractivity (Wildman–Crippen MR) is 119 cm³/mol. The van der Waals surface area contributed by atoms with Gasteiger partial charge in [0.1, 0.15) is 0 Å². The number of amides is 1. The van der Waals surface area contributed by atoms with Gasteiger partial charge >= 0.3 is 0 Å². The molecule has 5 heteroatoms. The number of benzene rings is 2. The number of likely N-dealkylation sites (tertiary alicyclic amines) is 1. The van der Waals surface area contributed by atoms with E-state index in [1.54, 1.807) is 0 Å². The number of carbonyl (C=O) groups is 1. The molecular weight excluding hydrogens is 382 g/mol. The highest BCUT2D eigenvalue weighted by Crippen LogP contribution is 2.25. The van der Waals surface area contributed by atoms with Crippen LogP contribution in [0.15, 0.2) is 54.6 Å². The number of nitrogens with one attached hydrogen (secondary N) is 1. The van der Waals surface area contributed by atoms with Gasteiger partial charge in [-0.25, -0.2) is 0 Å². The summed E-state index contributed by atoms with van der Waals surface area (Å²) in [5.74, 6) is 0.366. The lowest BCUT2D eigenvalue weighted by molar-refractivity contribution is -0.126. The number of aromatic nitrogens is 1. The average molecular weight is 410 g/mol. The number of para-hydroxylation sites is 1. The summed E-state index contributed by atoms with van der Waals surface area (Å²) in [5.41, 5.74) is 3.76. The molecule has 4 nitrogen and oxygen atoms in total. The van der Waals surface area contributed by atoms with Gasteiger partial charge in [0.25, 0.3) is 0 Å². The molecule has 0 aliphatic carbocycles. The van der Waals surface area contributed by atoms with E-state index < -0.39 is 0 Å². The quantitative estimate of drug-likeness (QED) is 0.641. The molecule has 1 saturated heterocycles. The molecule has 2 aromatic carbocycles. The van der Waals surface area contributed by atoms with Crippen LogP contribution < -0.4 is 5.32 Å². The lowest BCUT2D eigenvalue weighted by Gasteiger charge is -2.31. The molecule has 1 fully saturated rings. The fraction of sp³-hybridized carbons (Fsp3) is 0.375. The SMILES string of the molecule is CCNC(=O)C1CCN(Cc2cc3ccccc3n2Cc2cccc(Cl)c2)CC1. The van der Waals surface area contributed by atoms with Gasteiger partial charge in [0, 0.05) is 41.8 Å². The van der Waals surface area contributed by atoms with Gasteiger partial charge in [-0.1, -0.05) is 41.9 Å². The zero-order valence-electron chi connectivity index (χ0n) is 16.9. The van der Waals surface area contributed by atoms with E-state index in [9.17, 15) is 4.79 Å². The molecule has 3 aromatic rings. The summed E-state index contributed by atoms with van der Waals surface area (Å²) in [6, 6.07) is 18.9. The van der Waals surface area contributed by atoms with Crippen molar-refractivity contribution < 1.29 is 4.79 Å². The van der Waals surface area contributed by atoms with E-state index in [2.05, 4.69) is 51.2 Å². The standard InChI is InChI=1S/C24H28ClN3O/c1-2-26-24(29)19-10-12-27(13-11-19)17-22-15-20-7-3-4-9-23(20)28(22)16-18-6-5-8-21(25)14-18/h3-9,14-15,19H,2,10-13,16-17H2,1H3,(H,26,29). The molecule has 1 aromatic heterocycles. The van der Waals surface area contributed by atoms with Crippen molar-refractivity contribution in [2.75, 3.05) is 19.6 Å². The Hall–Kier alpha value is -2.30. The number of hydrogen-bond donors (Lipinski definition) is 1. The predicted octanol–water partition coefficient (Wildman–Crippen LogP) is 4.69. The molecule has 0 radical (unpaired) electrons. The van der Waals surface area contributed by atoms with Gasteiger partial charge in [-0.3, -0.25) is 9.69 Å². The number of hydrogen-bond acceptors (Lipinski definition) is 2. The Bertz CT molecular complexity index is 989. The van der Waals surface area contributed by atoms with Gasteiger partial charge in [-0.15, -0.1) is 0 Å². The first-order valence-corrected chi connectivity index (χ1v) is 10.8. The van der Waals surface area contributed by atoms with Gasteiger partial charge in [0.05, 0.1) is 0 Å². The van der Waals surface area contributed by atoms with E-state index in [1.807, 2.05) is 25.1 Å². The molecule has 1 aliphatic heterocycles.